The van der Waals surface area contributed by atoms with Crippen molar-refractivity contribution in [1.29, 1.82) is 0 Å². The summed E-state index contributed by atoms with van der Waals surface area (Å²) in [5.74, 6) is -1.09. The molecule has 0 spiro atoms. The lowest BCUT2D eigenvalue weighted by Crippen LogP contribution is -2.26. The van der Waals surface area contributed by atoms with Crippen LogP contribution in [0.5, 0.6) is 5.75 Å². The van der Waals surface area contributed by atoms with Crippen molar-refractivity contribution in [3.05, 3.63) is 64.7 Å². The smallest absolute Gasteiger partial charge is 0.406 e. The molecule has 0 unspecified atom stereocenters. The van der Waals surface area contributed by atoms with Gasteiger partial charge in [-0.05, 0) is 55.7 Å². The predicted molar refractivity (Wildman–Crippen MR) is 109 cm³/mol. The number of ether oxygens (including phenoxy) is 1. The van der Waals surface area contributed by atoms with Gasteiger partial charge < -0.3 is 20.0 Å². The average molecular weight is 433 g/mol. The largest absolute Gasteiger partial charge is 0.573 e. The number of benzene rings is 2. The van der Waals surface area contributed by atoms with Crippen LogP contribution in [0.2, 0.25) is 0 Å². The van der Waals surface area contributed by atoms with E-state index < -0.39 is 12.3 Å². The number of aromatic nitrogens is 2. The van der Waals surface area contributed by atoms with Gasteiger partial charge in [-0.3, -0.25) is 4.79 Å². The van der Waals surface area contributed by atoms with Gasteiger partial charge in [-0.1, -0.05) is 6.07 Å². The molecule has 0 bridgehead atoms. The van der Waals surface area contributed by atoms with Crippen molar-refractivity contribution in [1.82, 2.24) is 15.3 Å². The zero-order chi connectivity index (χ0) is 22.3. The minimum atomic E-state index is -4.79. The topological polar surface area (TPSA) is 69.9 Å². The number of H-pyrrole nitrogens is 2. The Morgan fingerprint density at radius 3 is 2.61 bits per heavy atom. The van der Waals surface area contributed by atoms with E-state index in [9.17, 15) is 22.4 Å². The maximum absolute atomic E-state index is 14.1. The van der Waals surface area contributed by atoms with Gasteiger partial charge in [-0.25, -0.2) is 4.39 Å². The van der Waals surface area contributed by atoms with Crippen LogP contribution >= 0.6 is 0 Å². The molecule has 5 nitrogen and oxygen atoms in total. The number of alkyl halides is 3. The number of amides is 1. The number of aryl methyl sites for hydroxylation is 2. The lowest BCUT2D eigenvalue weighted by Gasteiger charge is -2.08. The summed E-state index contributed by atoms with van der Waals surface area (Å²) < 4.78 is 55.1. The predicted octanol–water partition coefficient (Wildman–Crippen LogP) is 5.28. The fraction of sp³-hybridized carbons (Fsp3) is 0.227. The Hall–Kier alpha value is -3.49. The van der Waals surface area contributed by atoms with Gasteiger partial charge in [0.1, 0.15) is 17.3 Å². The average Bonchev–Trinajstić information content (AvgIpc) is 3.25. The van der Waals surface area contributed by atoms with E-state index in [1.54, 1.807) is 12.1 Å². The monoisotopic (exact) mass is 433 g/mol. The van der Waals surface area contributed by atoms with Crippen LogP contribution in [-0.4, -0.2) is 28.8 Å². The summed E-state index contributed by atoms with van der Waals surface area (Å²) in [6, 6.07) is 8.50. The lowest BCUT2D eigenvalue weighted by molar-refractivity contribution is -0.274. The summed E-state index contributed by atoms with van der Waals surface area (Å²) >= 11 is 0. The van der Waals surface area contributed by atoms with E-state index in [1.807, 2.05) is 13.8 Å². The normalized spacial score (nSPS) is 11.9. The highest BCUT2D eigenvalue weighted by Crippen LogP contribution is 2.28. The molecule has 0 saturated heterocycles. The summed E-state index contributed by atoms with van der Waals surface area (Å²) in [4.78, 5) is 18.4. The van der Waals surface area contributed by atoms with Crippen LogP contribution in [0.15, 0.2) is 36.4 Å². The SMILES string of the molecule is Cc1[nH]c2c(F)ccc(C)c2c1CCNC(=O)c1cc2ccc(OC(F)(F)F)cc2[nH]1. The molecule has 4 rings (SSSR count). The molecule has 0 fully saturated rings. The molecule has 1 amide bonds. The molecule has 4 aromatic rings. The van der Waals surface area contributed by atoms with Crippen molar-refractivity contribution in [2.45, 2.75) is 26.6 Å². The summed E-state index contributed by atoms with van der Waals surface area (Å²) in [6.45, 7) is 4.06. The standard InChI is InChI=1S/C22H19F4N3O2/c1-11-3-6-16(23)20-19(11)15(12(2)28-20)7-8-27-21(30)18-9-13-4-5-14(10-17(13)29-18)31-22(24,25)26/h3-6,9-10,28-29H,7-8H2,1-2H3,(H,27,30). The first-order chi connectivity index (χ1) is 14.6. The quantitative estimate of drug-likeness (QED) is 0.375. The van der Waals surface area contributed by atoms with Gasteiger partial charge in [0.25, 0.3) is 5.91 Å². The van der Waals surface area contributed by atoms with Crippen molar-refractivity contribution in [3.63, 3.8) is 0 Å². The molecule has 0 aliphatic rings. The van der Waals surface area contributed by atoms with Gasteiger partial charge in [-0.2, -0.15) is 0 Å². The molecule has 0 atom stereocenters. The highest BCUT2D eigenvalue weighted by molar-refractivity contribution is 5.98. The van der Waals surface area contributed by atoms with Crippen LogP contribution in [0.1, 0.15) is 27.3 Å². The van der Waals surface area contributed by atoms with Crippen LogP contribution in [0.4, 0.5) is 17.6 Å². The third kappa shape index (κ3) is 4.21. The number of rotatable bonds is 5. The maximum atomic E-state index is 14.1. The highest BCUT2D eigenvalue weighted by atomic mass is 19.4. The van der Waals surface area contributed by atoms with Crippen molar-refractivity contribution in [2.24, 2.45) is 0 Å². The minimum absolute atomic E-state index is 0.219. The molecule has 2 aromatic heterocycles. The number of halogens is 4. The first kappa shape index (κ1) is 20.8. The van der Waals surface area contributed by atoms with Crippen LogP contribution < -0.4 is 10.1 Å². The van der Waals surface area contributed by atoms with Gasteiger partial charge in [-0.15, -0.1) is 13.2 Å². The zero-order valence-electron chi connectivity index (χ0n) is 16.7. The summed E-state index contributed by atoms with van der Waals surface area (Å²) in [6.07, 6.45) is -4.30. The zero-order valence-corrected chi connectivity index (χ0v) is 16.7. The first-order valence-corrected chi connectivity index (χ1v) is 9.55. The van der Waals surface area contributed by atoms with Crippen LogP contribution in [0, 0.1) is 19.7 Å². The van der Waals surface area contributed by atoms with E-state index in [-0.39, 0.29) is 17.3 Å². The molecule has 162 valence electrons. The molecule has 0 aliphatic heterocycles. The first-order valence-electron chi connectivity index (χ1n) is 9.55. The van der Waals surface area contributed by atoms with Gasteiger partial charge in [0, 0.05) is 34.6 Å². The molecule has 2 heterocycles. The fourth-order valence-corrected chi connectivity index (χ4v) is 3.78. The molecule has 0 aliphatic carbocycles. The molecular weight excluding hydrogens is 414 g/mol. The van der Waals surface area contributed by atoms with Gasteiger partial charge >= 0.3 is 6.36 Å². The van der Waals surface area contributed by atoms with E-state index in [0.29, 0.717) is 29.4 Å². The Kier molecular flexibility index (Phi) is 5.12. The van der Waals surface area contributed by atoms with E-state index in [0.717, 1.165) is 22.2 Å². The number of fused-ring (bicyclic) bond motifs is 2. The van der Waals surface area contributed by atoms with Crippen molar-refractivity contribution in [2.75, 3.05) is 6.54 Å². The van der Waals surface area contributed by atoms with Gasteiger partial charge in [0.15, 0.2) is 0 Å². The van der Waals surface area contributed by atoms with Gasteiger partial charge in [0.2, 0.25) is 0 Å². The second-order valence-corrected chi connectivity index (χ2v) is 7.33. The molecule has 2 aromatic carbocycles. The maximum Gasteiger partial charge on any atom is 0.573 e. The van der Waals surface area contributed by atoms with Gasteiger partial charge in [0.05, 0.1) is 5.52 Å². The van der Waals surface area contributed by atoms with E-state index in [4.69, 9.17) is 0 Å². The number of nitrogens with one attached hydrogen (secondary N) is 3. The summed E-state index contributed by atoms with van der Waals surface area (Å²) in [7, 11) is 0. The Balaban J connectivity index is 1.47. The van der Waals surface area contributed by atoms with E-state index in [2.05, 4.69) is 20.0 Å². The molecule has 0 radical (unpaired) electrons. The number of hydrogen-bond donors (Lipinski definition) is 3. The van der Waals surface area contributed by atoms with E-state index in [1.165, 1.54) is 24.3 Å². The van der Waals surface area contributed by atoms with Crippen LogP contribution in [-0.2, 0) is 6.42 Å². The fourth-order valence-electron chi connectivity index (χ4n) is 3.78. The number of hydrogen-bond acceptors (Lipinski definition) is 2. The lowest BCUT2D eigenvalue weighted by atomic mass is 10.0. The molecule has 31 heavy (non-hydrogen) atoms. The number of aromatic amines is 2. The van der Waals surface area contributed by atoms with E-state index >= 15 is 0 Å². The number of carbonyl (C=O) groups is 1. The van der Waals surface area contributed by atoms with Crippen molar-refractivity contribution < 1.29 is 27.1 Å². The third-order valence-corrected chi connectivity index (χ3v) is 5.16. The molecular formula is C22H19F4N3O2. The highest BCUT2D eigenvalue weighted by Gasteiger charge is 2.31. The third-order valence-electron chi connectivity index (χ3n) is 5.16. The molecule has 0 saturated carbocycles. The Morgan fingerprint density at radius 2 is 1.87 bits per heavy atom. The number of carbonyl (C=O) groups excluding carboxylic acids is 1. The Morgan fingerprint density at radius 1 is 1.10 bits per heavy atom. The van der Waals surface area contributed by atoms with Crippen LogP contribution in [0.25, 0.3) is 21.8 Å². The summed E-state index contributed by atoms with van der Waals surface area (Å²) in [5.41, 5.74) is 3.72. The molecule has 9 heteroatoms. The second-order valence-electron chi connectivity index (χ2n) is 7.33. The van der Waals surface area contributed by atoms with Crippen molar-refractivity contribution >= 4 is 27.7 Å². The Labute approximate surface area is 174 Å². The minimum Gasteiger partial charge on any atom is -0.406 e. The summed E-state index contributed by atoms with van der Waals surface area (Å²) in [5, 5.41) is 4.18. The van der Waals surface area contributed by atoms with Crippen molar-refractivity contribution in [3.8, 4) is 5.75 Å². The van der Waals surface area contributed by atoms with Crippen LogP contribution in [0.3, 0.4) is 0 Å². The Bertz CT molecular complexity index is 1290. The second kappa shape index (κ2) is 7.64. The molecule has 3 N–H and O–H groups in total.